The SMILES string of the molecule is c1ccc(N(c2ccc3c(c2)-c2ccccc2C32c3ccccc3-c3c2cc2ccccc2c3N(c2ccccc2)c2ccccc2)c2ccc3c(c2)c2ccccc2n3-c2ccccc2)cc1. The van der Waals surface area contributed by atoms with E-state index in [4.69, 9.17) is 0 Å². The van der Waals surface area contributed by atoms with Gasteiger partial charge in [-0.05, 0) is 135 Å². The number of aromatic nitrogens is 1. The molecule has 1 spiro atoms. The average molecular weight is 866 g/mol. The van der Waals surface area contributed by atoms with Gasteiger partial charge in [-0.15, -0.1) is 0 Å². The summed E-state index contributed by atoms with van der Waals surface area (Å²) in [5.74, 6) is 0. The molecule has 14 rings (SSSR count). The van der Waals surface area contributed by atoms with Crippen molar-refractivity contribution in [1.82, 2.24) is 4.57 Å². The average Bonchev–Trinajstić information content (AvgIpc) is 4.01. The highest BCUT2D eigenvalue weighted by molar-refractivity contribution is 6.13. The number of hydrogen-bond donors (Lipinski definition) is 0. The lowest BCUT2D eigenvalue weighted by molar-refractivity contribution is 0.795. The normalized spacial score (nSPS) is 14.2. The third-order valence-corrected chi connectivity index (χ3v) is 14.5. The molecule has 1 unspecified atom stereocenters. The molecule has 0 radical (unpaired) electrons. The molecule has 3 nitrogen and oxygen atoms in total. The summed E-state index contributed by atoms with van der Waals surface area (Å²) in [4.78, 5) is 4.91. The van der Waals surface area contributed by atoms with E-state index in [0.29, 0.717) is 0 Å². The van der Waals surface area contributed by atoms with Gasteiger partial charge in [0.05, 0.1) is 22.1 Å². The Morgan fingerprint density at radius 2 is 0.794 bits per heavy atom. The Labute approximate surface area is 395 Å². The Balaban J connectivity index is 1.02. The third-order valence-electron chi connectivity index (χ3n) is 14.5. The standard InChI is InChI=1S/C65H43N3/c1-5-22-45(23-6-1)66(50-38-40-62-56(43-50)53-32-17-20-36-61(53)68(62)48-28-11-4-12-29-48)49-37-39-59-55(42-49)52-31-15-18-34-57(52)65(59)58-35-19-16-33-54(58)63-60(65)41-44-21-13-14-30-51(44)64(63)67(46-24-7-2-8-25-46)47-26-9-3-10-27-47/h1-43H. The van der Waals surface area contributed by atoms with Gasteiger partial charge in [0.2, 0.25) is 0 Å². The van der Waals surface area contributed by atoms with Crippen LogP contribution in [-0.2, 0) is 5.41 Å². The van der Waals surface area contributed by atoms with Crippen LogP contribution in [0.3, 0.4) is 0 Å². The predicted octanol–water partition coefficient (Wildman–Crippen LogP) is 17.2. The zero-order chi connectivity index (χ0) is 44.8. The van der Waals surface area contributed by atoms with E-state index in [2.05, 4.69) is 275 Å². The fourth-order valence-corrected chi connectivity index (χ4v) is 11.8. The minimum absolute atomic E-state index is 0.566. The molecule has 12 aromatic rings. The maximum absolute atomic E-state index is 2.50. The van der Waals surface area contributed by atoms with E-state index in [1.165, 1.54) is 82.8 Å². The second kappa shape index (κ2) is 15.1. The summed E-state index contributed by atoms with van der Waals surface area (Å²) in [6.07, 6.45) is 0. The van der Waals surface area contributed by atoms with Crippen LogP contribution in [0.1, 0.15) is 22.3 Å². The van der Waals surface area contributed by atoms with Crippen LogP contribution in [0.15, 0.2) is 261 Å². The predicted molar refractivity (Wildman–Crippen MR) is 284 cm³/mol. The lowest BCUT2D eigenvalue weighted by Crippen LogP contribution is -2.26. The monoisotopic (exact) mass is 865 g/mol. The minimum Gasteiger partial charge on any atom is -0.310 e. The van der Waals surface area contributed by atoms with E-state index >= 15 is 0 Å². The smallest absolute Gasteiger partial charge is 0.0726 e. The second-order valence-corrected chi connectivity index (χ2v) is 18.0. The van der Waals surface area contributed by atoms with Crippen molar-refractivity contribution in [1.29, 1.82) is 0 Å². The number of rotatable bonds is 7. The Kier molecular flexibility index (Phi) is 8.50. The van der Waals surface area contributed by atoms with E-state index in [-0.39, 0.29) is 0 Å². The first-order valence-electron chi connectivity index (χ1n) is 23.5. The summed E-state index contributed by atoms with van der Waals surface area (Å²) in [6, 6.07) is 96.1. The van der Waals surface area contributed by atoms with Crippen LogP contribution in [0.2, 0.25) is 0 Å². The summed E-state index contributed by atoms with van der Waals surface area (Å²) >= 11 is 0. The van der Waals surface area contributed by atoms with Crippen LogP contribution >= 0.6 is 0 Å². The zero-order valence-electron chi connectivity index (χ0n) is 37.2. The summed E-state index contributed by atoms with van der Waals surface area (Å²) in [5.41, 5.74) is 20.0. The van der Waals surface area contributed by atoms with E-state index < -0.39 is 5.41 Å². The Bertz CT molecular complexity index is 3870. The highest BCUT2D eigenvalue weighted by atomic mass is 15.2. The first-order valence-corrected chi connectivity index (χ1v) is 23.5. The number of benzene rings is 11. The zero-order valence-corrected chi connectivity index (χ0v) is 37.2. The van der Waals surface area contributed by atoms with Crippen molar-refractivity contribution >= 4 is 66.7 Å². The molecule has 0 N–H and O–H groups in total. The molecule has 0 fully saturated rings. The molecule has 2 aliphatic carbocycles. The molecule has 1 heterocycles. The number of nitrogens with zero attached hydrogens (tertiary/aromatic N) is 3. The molecular formula is C65H43N3. The van der Waals surface area contributed by atoms with Crippen LogP contribution in [0, 0.1) is 0 Å². The molecule has 0 saturated carbocycles. The topological polar surface area (TPSA) is 11.4 Å². The van der Waals surface area contributed by atoms with E-state index in [1.807, 2.05) is 0 Å². The van der Waals surface area contributed by atoms with Crippen LogP contribution < -0.4 is 9.80 Å². The second-order valence-electron chi connectivity index (χ2n) is 18.0. The molecule has 3 heteroatoms. The quantitative estimate of drug-likeness (QED) is 0.158. The van der Waals surface area contributed by atoms with Gasteiger partial charge in [0, 0.05) is 55.8 Å². The largest absolute Gasteiger partial charge is 0.310 e. The van der Waals surface area contributed by atoms with Gasteiger partial charge in [-0.25, -0.2) is 0 Å². The van der Waals surface area contributed by atoms with Gasteiger partial charge >= 0.3 is 0 Å². The molecule has 318 valence electrons. The molecule has 1 atom stereocenters. The van der Waals surface area contributed by atoms with Crippen molar-refractivity contribution < 1.29 is 0 Å². The number of para-hydroxylation sites is 5. The molecule has 0 amide bonds. The van der Waals surface area contributed by atoms with Crippen molar-refractivity contribution in [3.63, 3.8) is 0 Å². The first kappa shape index (κ1) is 38.4. The summed E-state index contributed by atoms with van der Waals surface area (Å²) in [7, 11) is 0. The molecule has 0 aliphatic heterocycles. The Hall–Kier alpha value is -8.92. The molecule has 1 aromatic heterocycles. The fourth-order valence-electron chi connectivity index (χ4n) is 11.8. The van der Waals surface area contributed by atoms with Gasteiger partial charge in [0.25, 0.3) is 0 Å². The minimum atomic E-state index is -0.566. The van der Waals surface area contributed by atoms with E-state index in [1.54, 1.807) is 0 Å². The highest BCUT2D eigenvalue weighted by Crippen LogP contribution is 2.66. The lowest BCUT2D eigenvalue weighted by atomic mass is 9.70. The van der Waals surface area contributed by atoms with Crippen LogP contribution in [-0.4, -0.2) is 4.57 Å². The Morgan fingerprint density at radius 3 is 1.50 bits per heavy atom. The first-order chi connectivity index (χ1) is 33.8. The number of fused-ring (bicyclic) bond motifs is 14. The van der Waals surface area contributed by atoms with Gasteiger partial charge in [0.1, 0.15) is 0 Å². The molecule has 2 aliphatic rings. The molecular weight excluding hydrogens is 823 g/mol. The molecule has 68 heavy (non-hydrogen) atoms. The lowest BCUT2D eigenvalue weighted by Gasteiger charge is -2.33. The molecule has 0 saturated heterocycles. The van der Waals surface area contributed by atoms with Gasteiger partial charge in [-0.2, -0.15) is 0 Å². The van der Waals surface area contributed by atoms with Crippen LogP contribution in [0.4, 0.5) is 34.1 Å². The van der Waals surface area contributed by atoms with Crippen LogP contribution in [0.25, 0.3) is 60.5 Å². The van der Waals surface area contributed by atoms with Crippen molar-refractivity contribution in [2.24, 2.45) is 0 Å². The van der Waals surface area contributed by atoms with Crippen molar-refractivity contribution in [3.8, 4) is 27.9 Å². The summed E-state index contributed by atoms with van der Waals surface area (Å²) < 4.78 is 2.39. The number of hydrogen-bond acceptors (Lipinski definition) is 2. The van der Waals surface area contributed by atoms with Crippen molar-refractivity contribution in [2.45, 2.75) is 5.41 Å². The van der Waals surface area contributed by atoms with Crippen molar-refractivity contribution in [2.75, 3.05) is 9.80 Å². The summed E-state index contributed by atoms with van der Waals surface area (Å²) in [5, 5.41) is 4.88. The van der Waals surface area contributed by atoms with Gasteiger partial charge < -0.3 is 14.4 Å². The van der Waals surface area contributed by atoms with Gasteiger partial charge in [-0.3, -0.25) is 0 Å². The maximum Gasteiger partial charge on any atom is 0.0726 e. The van der Waals surface area contributed by atoms with Crippen molar-refractivity contribution in [3.05, 3.63) is 283 Å². The Morgan fingerprint density at radius 1 is 0.294 bits per heavy atom. The van der Waals surface area contributed by atoms with E-state index in [9.17, 15) is 0 Å². The van der Waals surface area contributed by atoms with E-state index in [0.717, 1.165) is 34.1 Å². The molecule has 0 bridgehead atoms. The molecule has 11 aromatic carbocycles. The maximum atomic E-state index is 2.50. The summed E-state index contributed by atoms with van der Waals surface area (Å²) in [6.45, 7) is 0. The number of anilines is 6. The van der Waals surface area contributed by atoms with Crippen LogP contribution in [0.5, 0.6) is 0 Å². The fraction of sp³-hybridized carbons (Fsp3) is 0.0154. The highest BCUT2D eigenvalue weighted by Gasteiger charge is 2.53. The third kappa shape index (κ3) is 5.47. The van der Waals surface area contributed by atoms with Gasteiger partial charge in [0.15, 0.2) is 0 Å². The van der Waals surface area contributed by atoms with Gasteiger partial charge in [-0.1, -0.05) is 170 Å².